The minimum atomic E-state index is 0.672. The quantitative estimate of drug-likeness (QED) is 0.175. The van der Waals surface area contributed by atoms with E-state index in [1.54, 1.807) is 11.1 Å². The van der Waals surface area contributed by atoms with Crippen LogP contribution in [0.4, 0.5) is 0 Å². The molecule has 52 heavy (non-hydrogen) atoms. The van der Waals surface area contributed by atoms with Crippen LogP contribution in [0.2, 0.25) is 0 Å². The van der Waals surface area contributed by atoms with E-state index < -0.39 is 0 Å². The first-order valence-electron chi connectivity index (χ1n) is 19.1. The van der Waals surface area contributed by atoms with E-state index in [-0.39, 0.29) is 0 Å². The van der Waals surface area contributed by atoms with Crippen molar-refractivity contribution in [3.8, 4) is 27.9 Å². The highest BCUT2D eigenvalue weighted by Crippen LogP contribution is 2.58. The molecule has 2 fully saturated rings. The molecule has 13 rings (SSSR count). The summed E-state index contributed by atoms with van der Waals surface area (Å²) in [6, 6.07) is 47.4. The molecule has 0 saturated heterocycles. The van der Waals surface area contributed by atoms with Gasteiger partial charge in [0.2, 0.25) is 0 Å². The Hall–Kier alpha value is -5.67. The normalized spacial score (nSPS) is 20.8. The van der Waals surface area contributed by atoms with Crippen LogP contribution in [0, 0.1) is 18.8 Å². The van der Waals surface area contributed by atoms with Crippen molar-refractivity contribution < 1.29 is 4.42 Å². The zero-order valence-corrected chi connectivity index (χ0v) is 29.3. The Morgan fingerprint density at radius 2 is 1.10 bits per heavy atom. The first-order chi connectivity index (χ1) is 25.6. The molecule has 4 aliphatic carbocycles. The SMILES string of the molecule is Cc1nc2ccccc2n1-c1ccc(-c2c3ccccc3c(-c3ccc4oc5ccccc5c4c3)c3cc4c(cc23)C2CC3CC(C2)CC4C3)cc1. The number of furan rings is 1. The Kier molecular flexibility index (Phi) is 5.95. The summed E-state index contributed by atoms with van der Waals surface area (Å²) in [5.41, 5.74) is 13.7. The van der Waals surface area contributed by atoms with Gasteiger partial charge in [0.1, 0.15) is 17.0 Å². The Bertz CT molecular complexity index is 2910. The average molecular weight is 671 g/mol. The Morgan fingerprint density at radius 1 is 0.519 bits per heavy atom. The van der Waals surface area contributed by atoms with Crippen molar-refractivity contribution in [1.82, 2.24) is 9.55 Å². The fraction of sp³-hybridized carbons (Fsp3) is 0.204. The van der Waals surface area contributed by atoms with E-state index in [0.717, 1.165) is 45.5 Å². The summed E-state index contributed by atoms with van der Waals surface area (Å²) in [7, 11) is 0. The second-order valence-electron chi connectivity index (χ2n) is 16.0. The number of hydrogen-bond donors (Lipinski definition) is 0. The molecule has 0 radical (unpaired) electrons. The van der Waals surface area contributed by atoms with Gasteiger partial charge in [-0.3, -0.25) is 4.57 Å². The number of aryl methyl sites for hydroxylation is 1. The lowest BCUT2D eigenvalue weighted by atomic mass is 9.67. The van der Waals surface area contributed by atoms with Gasteiger partial charge in [0, 0.05) is 16.5 Å². The van der Waals surface area contributed by atoms with Gasteiger partial charge >= 0.3 is 0 Å². The van der Waals surface area contributed by atoms with Gasteiger partial charge in [0.05, 0.1) is 11.0 Å². The monoisotopic (exact) mass is 670 g/mol. The molecule has 4 bridgehead atoms. The number of rotatable bonds is 3. The third-order valence-corrected chi connectivity index (χ3v) is 13.1. The summed E-state index contributed by atoms with van der Waals surface area (Å²) in [5, 5.41) is 7.71. The van der Waals surface area contributed by atoms with Crippen LogP contribution in [0.15, 0.2) is 132 Å². The van der Waals surface area contributed by atoms with Gasteiger partial charge in [0.25, 0.3) is 0 Å². The first kappa shape index (κ1) is 29.0. The van der Waals surface area contributed by atoms with Crippen molar-refractivity contribution in [2.75, 3.05) is 0 Å². The van der Waals surface area contributed by atoms with Crippen LogP contribution in [-0.2, 0) is 0 Å². The van der Waals surface area contributed by atoms with E-state index in [2.05, 4.69) is 139 Å². The molecule has 0 spiro atoms. The number of benzene rings is 7. The molecule has 7 aromatic carbocycles. The van der Waals surface area contributed by atoms with E-state index in [1.807, 2.05) is 0 Å². The van der Waals surface area contributed by atoms with Gasteiger partial charge in [-0.2, -0.15) is 0 Å². The molecule has 3 heteroatoms. The fourth-order valence-corrected chi connectivity index (χ4v) is 11.1. The molecule has 0 N–H and O–H groups in total. The third kappa shape index (κ3) is 4.11. The maximum atomic E-state index is 6.31. The summed E-state index contributed by atoms with van der Waals surface area (Å²) < 4.78 is 8.58. The first-order valence-corrected chi connectivity index (χ1v) is 19.1. The van der Waals surface area contributed by atoms with Gasteiger partial charge in [0.15, 0.2) is 0 Å². The molecule has 0 aliphatic heterocycles. The van der Waals surface area contributed by atoms with E-state index in [1.165, 1.54) is 86.7 Å². The molecule has 2 aromatic heterocycles. The molecule has 0 amide bonds. The standard InChI is InChI=1S/C49H38N2O/c1-28-50-44-11-5-6-12-45(44)51(28)35-17-14-31(15-18-35)48-37-9-2-3-10-38(37)49(32-16-19-47-41(25-32)36-8-4-7-13-46(36)52-47)43-27-40-34-23-29-20-30(24-34)22-33(21-29)39(40)26-42(43)48/h2-19,25-27,29-30,33-34H,20-24H2,1H3. The number of imidazole rings is 1. The smallest absolute Gasteiger partial charge is 0.135 e. The topological polar surface area (TPSA) is 31.0 Å². The largest absolute Gasteiger partial charge is 0.456 e. The van der Waals surface area contributed by atoms with Crippen LogP contribution in [0.1, 0.15) is 60.9 Å². The minimum absolute atomic E-state index is 0.672. The molecule has 2 unspecified atom stereocenters. The molecular formula is C49H38N2O. The second kappa shape index (κ2) is 10.7. The van der Waals surface area contributed by atoms with E-state index >= 15 is 0 Å². The lowest BCUT2D eigenvalue weighted by Crippen LogP contribution is -2.25. The van der Waals surface area contributed by atoms with E-state index in [0.29, 0.717) is 11.8 Å². The maximum absolute atomic E-state index is 6.31. The lowest BCUT2D eigenvalue weighted by molar-refractivity contribution is 0.166. The van der Waals surface area contributed by atoms with Gasteiger partial charge in [-0.15, -0.1) is 0 Å². The van der Waals surface area contributed by atoms with Crippen molar-refractivity contribution in [3.05, 3.63) is 144 Å². The zero-order chi connectivity index (χ0) is 34.1. The second-order valence-corrected chi connectivity index (χ2v) is 16.0. The van der Waals surface area contributed by atoms with Gasteiger partial charge in [-0.25, -0.2) is 4.98 Å². The van der Waals surface area contributed by atoms with Crippen LogP contribution in [0.3, 0.4) is 0 Å². The highest BCUT2D eigenvalue weighted by atomic mass is 16.3. The summed E-state index contributed by atoms with van der Waals surface area (Å²) in [4.78, 5) is 4.86. The zero-order valence-electron chi connectivity index (χ0n) is 29.3. The molecular weight excluding hydrogens is 633 g/mol. The van der Waals surface area contributed by atoms with Crippen molar-refractivity contribution in [3.63, 3.8) is 0 Å². The summed E-state index contributed by atoms with van der Waals surface area (Å²) in [6.45, 7) is 2.10. The molecule has 9 aromatic rings. The molecule has 2 saturated carbocycles. The van der Waals surface area contributed by atoms with Crippen molar-refractivity contribution in [2.24, 2.45) is 11.8 Å². The summed E-state index contributed by atoms with van der Waals surface area (Å²) >= 11 is 0. The van der Waals surface area contributed by atoms with Crippen molar-refractivity contribution in [2.45, 2.75) is 50.9 Å². The van der Waals surface area contributed by atoms with Crippen molar-refractivity contribution >= 4 is 54.5 Å². The fourth-order valence-electron chi connectivity index (χ4n) is 11.1. The highest BCUT2D eigenvalue weighted by Gasteiger charge is 2.42. The summed E-state index contributed by atoms with van der Waals surface area (Å²) in [6.07, 6.45) is 6.88. The molecule has 250 valence electrons. The maximum Gasteiger partial charge on any atom is 0.135 e. The van der Waals surface area contributed by atoms with Crippen LogP contribution < -0.4 is 0 Å². The number of para-hydroxylation sites is 3. The van der Waals surface area contributed by atoms with E-state index in [9.17, 15) is 0 Å². The Labute approximate surface area is 302 Å². The number of aromatic nitrogens is 2. The van der Waals surface area contributed by atoms with Crippen LogP contribution >= 0.6 is 0 Å². The number of fused-ring (bicyclic) bond motifs is 6. The van der Waals surface area contributed by atoms with Gasteiger partial charge < -0.3 is 4.42 Å². The van der Waals surface area contributed by atoms with Crippen LogP contribution in [-0.4, -0.2) is 9.55 Å². The average Bonchev–Trinajstić information content (AvgIpc) is 3.67. The lowest BCUT2D eigenvalue weighted by Gasteiger charge is -2.38. The van der Waals surface area contributed by atoms with Crippen LogP contribution in [0.5, 0.6) is 0 Å². The van der Waals surface area contributed by atoms with Gasteiger partial charge in [-0.1, -0.05) is 72.8 Å². The summed E-state index contributed by atoms with van der Waals surface area (Å²) in [5.74, 6) is 4.10. The highest BCUT2D eigenvalue weighted by molar-refractivity contribution is 6.22. The Balaban J connectivity index is 1.14. The van der Waals surface area contributed by atoms with Crippen molar-refractivity contribution in [1.29, 1.82) is 0 Å². The predicted molar refractivity (Wildman–Crippen MR) is 215 cm³/mol. The number of nitrogens with zero attached hydrogens (tertiary/aromatic N) is 2. The van der Waals surface area contributed by atoms with Crippen LogP contribution in [0.25, 0.3) is 82.5 Å². The number of hydrogen-bond acceptors (Lipinski definition) is 2. The third-order valence-electron chi connectivity index (χ3n) is 13.1. The molecule has 4 aliphatic rings. The predicted octanol–water partition coefficient (Wildman–Crippen LogP) is 13.3. The molecule has 2 atom stereocenters. The minimum Gasteiger partial charge on any atom is -0.456 e. The van der Waals surface area contributed by atoms with E-state index in [4.69, 9.17) is 9.40 Å². The Morgan fingerprint density at radius 3 is 1.81 bits per heavy atom. The van der Waals surface area contributed by atoms with Gasteiger partial charge in [-0.05, 0) is 172 Å². The molecule has 3 nitrogen and oxygen atoms in total. The molecule has 2 heterocycles.